The fourth-order valence-corrected chi connectivity index (χ4v) is 9.03. The number of halogens is 4. The second-order valence-corrected chi connectivity index (χ2v) is 16.2. The third kappa shape index (κ3) is 8.46. The van der Waals surface area contributed by atoms with E-state index in [0.29, 0.717) is 41.1 Å². The lowest BCUT2D eigenvalue weighted by Crippen LogP contribution is -2.44. The van der Waals surface area contributed by atoms with Crippen molar-refractivity contribution in [2.75, 3.05) is 26.7 Å². The van der Waals surface area contributed by atoms with E-state index < -0.39 is 44.0 Å². The summed E-state index contributed by atoms with van der Waals surface area (Å²) in [6, 6.07) is 11.9. The van der Waals surface area contributed by atoms with Crippen LogP contribution in [0.3, 0.4) is 0 Å². The normalized spacial score (nSPS) is 13.8. The van der Waals surface area contributed by atoms with E-state index >= 15 is 4.39 Å². The first-order valence-corrected chi connectivity index (χ1v) is 19.4. The molecule has 4 aromatic rings. The van der Waals surface area contributed by atoms with Crippen molar-refractivity contribution in [3.63, 3.8) is 0 Å². The number of hydrogen-bond acceptors (Lipinski definition) is 7. The van der Waals surface area contributed by atoms with Crippen LogP contribution in [0.25, 0.3) is 5.69 Å². The minimum Gasteiger partial charge on any atom is -0.495 e. The molecule has 52 heavy (non-hydrogen) atoms. The number of aliphatic carboxylic acids is 1. The summed E-state index contributed by atoms with van der Waals surface area (Å²) in [5.41, 5.74) is 1.56. The van der Waals surface area contributed by atoms with Crippen LogP contribution in [-0.2, 0) is 26.0 Å². The zero-order valence-electron chi connectivity index (χ0n) is 28.8. The van der Waals surface area contributed by atoms with Crippen LogP contribution in [0.2, 0.25) is 10.0 Å². The van der Waals surface area contributed by atoms with E-state index in [0.717, 1.165) is 39.5 Å². The first-order valence-electron chi connectivity index (χ1n) is 16.2. The predicted molar refractivity (Wildman–Crippen MR) is 199 cm³/mol. The zero-order chi connectivity index (χ0) is 37.8. The number of allylic oxidation sites excluding steroid dienone is 2. The molecule has 15 heteroatoms. The van der Waals surface area contributed by atoms with Crippen molar-refractivity contribution in [1.82, 2.24) is 18.8 Å². The van der Waals surface area contributed by atoms with Gasteiger partial charge in [0.15, 0.2) is 17.4 Å². The minimum absolute atomic E-state index is 0.0285. The van der Waals surface area contributed by atoms with Gasteiger partial charge in [-0.3, -0.25) is 9.36 Å². The molecule has 0 aliphatic carbocycles. The Labute approximate surface area is 316 Å². The van der Waals surface area contributed by atoms with Crippen molar-refractivity contribution >= 4 is 51.0 Å². The number of nitrogens with zero attached hydrogens (tertiary/aromatic N) is 4. The lowest BCUT2D eigenvalue weighted by molar-refractivity contribution is -0.140. The molecular formula is C37H37Cl2F2N4O5S2+. The number of sulfonamides is 1. The molecule has 0 saturated carbocycles. The third-order valence-corrected chi connectivity index (χ3v) is 12.4. The molecule has 0 bridgehead atoms. The SMILES string of the molecule is COc1cc(C(C)(C)c2cnc(SCc3c(F)cc(S(=O)(=O)N(CCCN4[C+]=CC=CC4)[C@H](C)C(=O)O)cc3Cl)n2-c2ccc(F)cc2)ccc1Cl. The molecule has 1 aliphatic heterocycles. The second-order valence-electron chi connectivity index (χ2n) is 12.5. The fourth-order valence-electron chi connectivity index (χ4n) is 5.73. The second kappa shape index (κ2) is 16.4. The van der Waals surface area contributed by atoms with Gasteiger partial charge in [-0.2, -0.15) is 4.31 Å². The molecule has 0 fully saturated rings. The Kier molecular flexibility index (Phi) is 12.4. The molecule has 0 saturated heterocycles. The zero-order valence-corrected chi connectivity index (χ0v) is 32.0. The maximum absolute atomic E-state index is 15.8. The Bertz CT molecular complexity index is 2080. The quantitative estimate of drug-likeness (QED) is 0.0952. The summed E-state index contributed by atoms with van der Waals surface area (Å²) in [6.07, 6.45) is 10.5. The van der Waals surface area contributed by atoms with E-state index in [-0.39, 0.29) is 22.9 Å². The van der Waals surface area contributed by atoms with E-state index in [2.05, 4.69) is 11.2 Å². The Hall–Kier alpha value is -3.97. The number of rotatable bonds is 15. The van der Waals surface area contributed by atoms with Gasteiger partial charge in [0, 0.05) is 46.6 Å². The number of carboxylic acid groups (broad SMARTS) is 1. The molecule has 2 heterocycles. The Morgan fingerprint density at radius 1 is 1.13 bits per heavy atom. The average molecular weight is 791 g/mol. The minimum atomic E-state index is -4.47. The first-order chi connectivity index (χ1) is 24.6. The Morgan fingerprint density at radius 3 is 2.50 bits per heavy atom. The highest BCUT2D eigenvalue weighted by atomic mass is 35.5. The molecule has 3 aromatic carbocycles. The van der Waals surface area contributed by atoms with E-state index in [1.165, 1.54) is 26.2 Å². The van der Waals surface area contributed by atoms with Crippen LogP contribution in [-0.4, -0.2) is 71.0 Å². The monoisotopic (exact) mass is 789 g/mol. The molecule has 274 valence electrons. The third-order valence-electron chi connectivity index (χ3n) is 8.81. The summed E-state index contributed by atoms with van der Waals surface area (Å²) in [5.74, 6) is -2.19. The van der Waals surface area contributed by atoms with Crippen LogP contribution in [0.4, 0.5) is 8.78 Å². The summed E-state index contributed by atoms with van der Waals surface area (Å²) < 4.78 is 65.5. The standard InChI is InChI=1S/C37H36Cl2F2N4O5S2/c1-24(35(46)47)44(18-8-17-43-15-6-5-7-16-43)52(48,49)28-20-31(39)29(32(41)21-28)23-51-36-42-22-34(45(36)27-12-10-26(40)11-13-27)37(2,3)25-9-14-30(38)33(19-25)50-4/h5-7,9-14,19-22,24H,8,15,17-18,23H2,1-4H3/p+1/t24-/m1/s1. The molecular weight excluding hydrogens is 753 g/mol. The summed E-state index contributed by atoms with van der Waals surface area (Å²) in [7, 11) is -2.95. The number of carboxylic acids is 1. The largest absolute Gasteiger partial charge is 0.495 e. The van der Waals surface area contributed by atoms with Crippen LogP contribution in [0.1, 0.15) is 44.0 Å². The highest BCUT2D eigenvalue weighted by Crippen LogP contribution is 2.40. The van der Waals surface area contributed by atoms with Crippen molar-refractivity contribution in [2.24, 2.45) is 0 Å². The van der Waals surface area contributed by atoms with E-state index in [1.54, 1.807) is 30.5 Å². The maximum atomic E-state index is 15.8. The molecule has 9 nitrogen and oxygen atoms in total. The number of thioether (sulfide) groups is 1. The highest BCUT2D eigenvalue weighted by Gasteiger charge is 2.35. The molecule has 1 aliphatic rings. The molecule has 1 aromatic heterocycles. The number of ether oxygens (including phenoxy) is 1. The van der Waals surface area contributed by atoms with Gasteiger partial charge in [0.2, 0.25) is 10.0 Å². The van der Waals surface area contributed by atoms with Crippen LogP contribution in [0.15, 0.2) is 89.1 Å². The number of methoxy groups -OCH3 is 1. The summed E-state index contributed by atoms with van der Waals surface area (Å²) in [6.45, 7) is 6.16. The number of carbonyl (C=O) groups is 1. The topological polar surface area (TPSA) is 105 Å². The van der Waals surface area contributed by atoms with E-state index in [9.17, 15) is 22.7 Å². The lowest BCUT2D eigenvalue weighted by atomic mass is 9.81. The smallest absolute Gasteiger partial charge is 0.321 e. The van der Waals surface area contributed by atoms with Gasteiger partial charge in [0.05, 0.1) is 41.5 Å². The van der Waals surface area contributed by atoms with Gasteiger partial charge in [-0.1, -0.05) is 54.9 Å². The van der Waals surface area contributed by atoms with Crippen LogP contribution in [0.5, 0.6) is 5.75 Å². The molecule has 0 spiro atoms. The van der Waals surface area contributed by atoms with Crippen molar-refractivity contribution in [3.8, 4) is 11.4 Å². The van der Waals surface area contributed by atoms with Gasteiger partial charge in [-0.25, -0.2) is 27.1 Å². The number of aromatic nitrogens is 2. The number of hydrogen-bond donors (Lipinski definition) is 1. The Morgan fingerprint density at radius 2 is 1.87 bits per heavy atom. The van der Waals surface area contributed by atoms with Gasteiger partial charge >= 0.3 is 5.97 Å². The highest BCUT2D eigenvalue weighted by molar-refractivity contribution is 7.98. The molecule has 5 rings (SSSR count). The van der Waals surface area contributed by atoms with Crippen LogP contribution in [0, 0.1) is 17.8 Å². The van der Waals surface area contributed by atoms with Crippen LogP contribution >= 0.6 is 35.0 Å². The number of benzene rings is 3. The summed E-state index contributed by atoms with van der Waals surface area (Å²) >= 11 is 14.0. The van der Waals surface area contributed by atoms with Crippen molar-refractivity contribution < 1.29 is 31.8 Å². The summed E-state index contributed by atoms with van der Waals surface area (Å²) in [5, 5.41) is 10.5. The molecule has 1 N–H and O–H groups in total. The lowest BCUT2D eigenvalue weighted by Gasteiger charge is -2.28. The molecule has 1 atom stereocenters. The fraction of sp³-hybridized carbons (Fsp3) is 0.297. The van der Waals surface area contributed by atoms with Gasteiger partial charge in [0.1, 0.15) is 23.4 Å². The summed E-state index contributed by atoms with van der Waals surface area (Å²) in [4.78, 5) is 18.0. The molecule has 0 unspecified atom stereocenters. The van der Waals surface area contributed by atoms with E-state index in [4.69, 9.17) is 27.9 Å². The molecule has 0 amide bonds. The first kappa shape index (κ1) is 39.2. The molecule has 0 radical (unpaired) electrons. The Balaban J connectivity index is 1.44. The van der Waals surface area contributed by atoms with Gasteiger partial charge < -0.3 is 9.84 Å². The van der Waals surface area contributed by atoms with Crippen LogP contribution < -0.4 is 4.74 Å². The average Bonchev–Trinajstić information content (AvgIpc) is 3.55. The van der Waals surface area contributed by atoms with Crippen molar-refractivity contribution in [3.05, 3.63) is 124 Å². The van der Waals surface area contributed by atoms with Crippen molar-refractivity contribution in [1.29, 1.82) is 0 Å². The van der Waals surface area contributed by atoms with Gasteiger partial charge in [0.25, 0.3) is 0 Å². The van der Waals surface area contributed by atoms with Gasteiger partial charge in [-0.15, -0.1) is 0 Å². The number of imidazole rings is 1. The predicted octanol–water partition coefficient (Wildman–Crippen LogP) is 8.13. The van der Waals surface area contributed by atoms with Gasteiger partial charge in [-0.05, 0) is 67.4 Å². The van der Waals surface area contributed by atoms with E-state index in [1.807, 2.05) is 47.6 Å². The maximum Gasteiger partial charge on any atom is 0.321 e. The van der Waals surface area contributed by atoms with Crippen molar-refractivity contribution in [2.45, 2.75) is 54.5 Å².